The Balaban J connectivity index is 2.34. The van der Waals surface area contributed by atoms with Crippen LogP contribution in [0.4, 0.5) is 0 Å². The molecule has 0 aliphatic carbocycles. The highest BCUT2D eigenvalue weighted by Gasteiger charge is 2.34. The number of methoxy groups -OCH3 is 1. The summed E-state index contributed by atoms with van der Waals surface area (Å²) in [5.74, 6) is 0.996. The Morgan fingerprint density at radius 1 is 1.69 bits per heavy atom. The van der Waals surface area contributed by atoms with Crippen molar-refractivity contribution in [1.29, 1.82) is 0 Å². The lowest BCUT2D eigenvalue weighted by atomic mass is 9.91. The van der Waals surface area contributed by atoms with E-state index in [0.29, 0.717) is 11.7 Å². The molecule has 1 aliphatic heterocycles. The van der Waals surface area contributed by atoms with Gasteiger partial charge in [0.2, 0.25) is 5.91 Å². The van der Waals surface area contributed by atoms with Crippen molar-refractivity contribution < 1.29 is 9.53 Å². The van der Waals surface area contributed by atoms with E-state index in [0.717, 1.165) is 13.1 Å². The third-order valence-corrected chi connectivity index (χ3v) is 2.50. The fraction of sp³-hybridized carbons (Fsp3) is 0.667. The van der Waals surface area contributed by atoms with Crippen LogP contribution in [0.3, 0.4) is 0 Å². The van der Waals surface area contributed by atoms with Crippen molar-refractivity contribution in [3.05, 3.63) is 12.3 Å². The van der Waals surface area contributed by atoms with Crippen LogP contribution in [0.1, 0.15) is 6.92 Å². The van der Waals surface area contributed by atoms with E-state index in [1.807, 2.05) is 0 Å². The standard InChI is InChI=1S/C9H16N2O2/c1-6(13-3)9(10)8-4-11(5-8)7(2)12/h8-9H,1,4-5,10H2,2-3H3. The summed E-state index contributed by atoms with van der Waals surface area (Å²) in [5, 5.41) is 0. The van der Waals surface area contributed by atoms with Gasteiger partial charge in [0.1, 0.15) is 5.76 Å². The average molecular weight is 184 g/mol. The van der Waals surface area contributed by atoms with Gasteiger partial charge in [-0.15, -0.1) is 0 Å². The SMILES string of the molecule is C=C(OC)C(N)C1CN(C(C)=O)C1. The number of nitrogens with two attached hydrogens (primary N) is 1. The molecule has 0 aromatic carbocycles. The van der Waals surface area contributed by atoms with Crippen molar-refractivity contribution in [2.24, 2.45) is 11.7 Å². The minimum atomic E-state index is -0.152. The Hall–Kier alpha value is -1.03. The van der Waals surface area contributed by atoms with Gasteiger partial charge in [0.05, 0.1) is 13.2 Å². The normalized spacial score (nSPS) is 19.2. The monoisotopic (exact) mass is 184 g/mol. The highest BCUT2D eigenvalue weighted by molar-refractivity contribution is 5.74. The van der Waals surface area contributed by atoms with Crippen molar-refractivity contribution in [1.82, 2.24) is 4.90 Å². The zero-order valence-electron chi connectivity index (χ0n) is 8.12. The largest absolute Gasteiger partial charge is 0.500 e. The predicted octanol–water partition coefficient (Wildman–Crippen LogP) is -0.0479. The van der Waals surface area contributed by atoms with Crippen LogP contribution in [-0.2, 0) is 9.53 Å². The molecule has 1 saturated heterocycles. The number of ether oxygens (including phenoxy) is 1. The molecule has 74 valence electrons. The Bertz CT molecular complexity index is 222. The third-order valence-electron chi connectivity index (χ3n) is 2.50. The van der Waals surface area contributed by atoms with Gasteiger partial charge in [0.25, 0.3) is 0 Å². The van der Waals surface area contributed by atoms with E-state index in [-0.39, 0.29) is 11.9 Å². The van der Waals surface area contributed by atoms with Crippen LogP contribution in [0.2, 0.25) is 0 Å². The van der Waals surface area contributed by atoms with Gasteiger partial charge >= 0.3 is 0 Å². The molecule has 0 spiro atoms. The predicted molar refractivity (Wildman–Crippen MR) is 49.9 cm³/mol. The Morgan fingerprint density at radius 2 is 2.23 bits per heavy atom. The molecule has 0 radical (unpaired) electrons. The molecule has 1 amide bonds. The van der Waals surface area contributed by atoms with E-state index in [4.69, 9.17) is 10.5 Å². The van der Waals surface area contributed by atoms with Crippen LogP contribution >= 0.6 is 0 Å². The number of nitrogens with zero attached hydrogens (tertiary/aromatic N) is 1. The first-order valence-corrected chi connectivity index (χ1v) is 4.30. The van der Waals surface area contributed by atoms with Crippen molar-refractivity contribution in [3.8, 4) is 0 Å². The van der Waals surface area contributed by atoms with Gasteiger partial charge in [-0.25, -0.2) is 0 Å². The first kappa shape index (κ1) is 10.1. The lowest BCUT2D eigenvalue weighted by Gasteiger charge is -2.41. The van der Waals surface area contributed by atoms with Gasteiger partial charge in [-0.3, -0.25) is 4.79 Å². The molecule has 0 saturated carbocycles. The molecule has 4 nitrogen and oxygen atoms in total. The maximum Gasteiger partial charge on any atom is 0.219 e. The van der Waals surface area contributed by atoms with Gasteiger partial charge in [-0.05, 0) is 0 Å². The molecule has 1 rings (SSSR count). The lowest BCUT2D eigenvalue weighted by Crippen LogP contribution is -2.56. The van der Waals surface area contributed by atoms with Crippen molar-refractivity contribution >= 4 is 5.91 Å². The molecule has 13 heavy (non-hydrogen) atoms. The lowest BCUT2D eigenvalue weighted by molar-refractivity contribution is -0.135. The molecule has 4 heteroatoms. The topological polar surface area (TPSA) is 55.6 Å². The van der Waals surface area contributed by atoms with Crippen LogP contribution in [0.15, 0.2) is 12.3 Å². The molecule has 1 aliphatic rings. The van der Waals surface area contributed by atoms with Crippen molar-refractivity contribution in [3.63, 3.8) is 0 Å². The second-order valence-electron chi connectivity index (χ2n) is 3.38. The molecule has 2 N–H and O–H groups in total. The zero-order chi connectivity index (χ0) is 10.0. The maximum atomic E-state index is 10.9. The van der Waals surface area contributed by atoms with Gasteiger partial charge in [0.15, 0.2) is 0 Å². The molecule has 1 fully saturated rings. The molecule has 1 heterocycles. The van der Waals surface area contributed by atoms with E-state index in [1.165, 1.54) is 0 Å². The number of hydrogen-bond acceptors (Lipinski definition) is 3. The van der Waals surface area contributed by atoms with Crippen LogP contribution in [0.25, 0.3) is 0 Å². The molecular formula is C9H16N2O2. The number of carbonyl (C=O) groups excluding carboxylic acids is 1. The highest BCUT2D eigenvalue weighted by Crippen LogP contribution is 2.21. The van der Waals surface area contributed by atoms with E-state index in [1.54, 1.807) is 18.9 Å². The summed E-state index contributed by atoms with van der Waals surface area (Å²) in [7, 11) is 1.56. The quantitative estimate of drug-likeness (QED) is 0.626. The second kappa shape index (κ2) is 3.79. The number of hydrogen-bond donors (Lipinski definition) is 1. The Labute approximate surface area is 78.3 Å². The number of amides is 1. The summed E-state index contributed by atoms with van der Waals surface area (Å²) in [5.41, 5.74) is 5.83. The average Bonchev–Trinajstić information content (AvgIpc) is 1.99. The smallest absolute Gasteiger partial charge is 0.219 e. The highest BCUT2D eigenvalue weighted by atomic mass is 16.5. The summed E-state index contributed by atoms with van der Waals surface area (Å²) < 4.78 is 4.94. The molecular weight excluding hydrogens is 168 g/mol. The van der Waals surface area contributed by atoms with Crippen LogP contribution in [0, 0.1) is 5.92 Å². The minimum absolute atomic E-state index is 0.103. The molecule has 0 aromatic rings. The van der Waals surface area contributed by atoms with E-state index >= 15 is 0 Å². The van der Waals surface area contributed by atoms with Crippen LogP contribution in [-0.4, -0.2) is 37.0 Å². The van der Waals surface area contributed by atoms with Gasteiger partial charge in [0, 0.05) is 25.9 Å². The van der Waals surface area contributed by atoms with Crippen molar-refractivity contribution in [2.75, 3.05) is 20.2 Å². The van der Waals surface area contributed by atoms with Crippen LogP contribution < -0.4 is 5.73 Å². The fourth-order valence-electron chi connectivity index (χ4n) is 1.40. The van der Waals surface area contributed by atoms with E-state index in [9.17, 15) is 4.79 Å². The summed E-state index contributed by atoms with van der Waals surface area (Å²) in [6.45, 7) is 6.70. The fourth-order valence-corrected chi connectivity index (χ4v) is 1.40. The van der Waals surface area contributed by atoms with Gasteiger partial charge < -0.3 is 15.4 Å². The zero-order valence-corrected chi connectivity index (χ0v) is 8.12. The van der Waals surface area contributed by atoms with E-state index in [2.05, 4.69) is 6.58 Å². The molecule has 0 bridgehead atoms. The molecule has 1 atom stereocenters. The first-order chi connectivity index (χ1) is 6.06. The maximum absolute atomic E-state index is 10.9. The third kappa shape index (κ3) is 2.01. The summed E-state index contributed by atoms with van der Waals surface area (Å²) in [4.78, 5) is 12.6. The second-order valence-corrected chi connectivity index (χ2v) is 3.38. The van der Waals surface area contributed by atoms with Gasteiger partial charge in [-0.2, -0.15) is 0 Å². The molecule has 0 aromatic heterocycles. The number of rotatable bonds is 3. The van der Waals surface area contributed by atoms with Crippen LogP contribution in [0.5, 0.6) is 0 Å². The number of likely N-dealkylation sites (tertiary alicyclic amines) is 1. The Kier molecular flexibility index (Phi) is 2.93. The summed E-state index contributed by atoms with van der Waals surface area (Å²) in [6.07, 6.45) is 0. The summed E-state index contributed by atoms with van der Waals surface area (Å²) in [6, 6.07) is -0.152. The summed E-state index contributed by atoms with van der Waals surface area (Å²) >= 11 is 0. The van der Waals surface area contributed by atoms with Crippen molar-refractivity contribution in [2.45, 2.75) is 13.0 Å². The first-order valence-electron chi connectivity index (χ1n) is 4.30. The van der Waals surface area contributed by atoms with Gasteiger partial charge in [-0.1, -0.05) is 6.58 Å². The molecule has 1 unspecified atom stereocenters. The Morgan fingerprint density at radius 3 is 2.62 bits per heavy atom. The minimum Gasteiger partial charge on any atom is -0.500 e. The number of carbonyl (C=O) groups is 1. The van der Waals surface area contributed by atoms with E-state index < -0.39 is 0 Å².